The van der Waals surface area contributed by atoms with E-state index < -0.39 is 0 Å². The van der Waals surface area contributed by atoms with Gasteiger partial charge in [-0.15, -0.1) is 0 Å². The third-order valence-electron chi connectivity index (χ3n) is 2.57. The van der Waals surface area contributed by atoms with E-state index in [0.29, 0.717) is 11.1 Å². The number of nitrogens with zero attached hydrogens (tertiary/aromatic N) is 2. The van der Waals surface area contributed by atoms with Crippen LogP contribution < -0.4 is 5.11 Å². The lowest BCUT2D eigenvalue weighted by molar-refractivity contribution is -0.419. The Balaban J connectivity index is 5.42. The van der Waals surface area contributed by atoms with Crippen molar-refractivity contribution in [1.82, 2.24) is 0 Å². The zero-order chi connectivity index (χ0) is 15.7. The molecule has 0 rings (SSSR count). The Labute approximate surface area is 121 Å². The summed E-state index contributed by atoms with van der Waals surface area (Å²) in [5.41, 5.74) is 1.94. The topological polar surface area (TPSA) is 58.7 Å². The van der Waals surface area contributed by atoms with Crippen molar-refractivity contribution in [2.75, 3.05) is 14.1 Å². The van der Waals surface area contributed by atoms with E-state index in [9.17, 15) is 10.2 Å². The van der Waals surface area contributed by atoms with Crippen molar-refractivity contribution in [3.05, 3.63) is 46.6 Å². The largest absolute Gasteiger partial charge is 0.872 e. The number of hydrogen-bond donors (Lipinski definition) is 1. The Hall–Kier alpha value is -2.10. The third-order valence-corrected chi connectivity index (χ3v) is 2.57. The lowest BCUT2D eigenvalue weighted by Crippen LogP contribution is -2.13. The highest BCUT2D eigenvalue weighted by Gasteiger charge is 2.04. The molecule has 0 aromatic rings. The van der Waals surface area contributed by atoms with E-state index in [1.807, 2.05) is 13.8 Å². The van der Waals surface area contributed by atoms with Crippen molar-refractivity contribution in [3.8, 4) is 0 Å². The summed E-state index contributed by atoms with van der Waals surface area (Å²) in [4.78, 5) is 3.87. The van der Waals surface area contributed by atoms with Crippen molar-refractivity contribution in [2.45, 2.75) is 27.7 Å². The lowest BCUT2D eigenvalue weighted by atomic mass is 10.1. The van der Waals surface area contributed by atoms with Crippen LogP contribution in [0.15, 0.2) is 51.6 Å². The first-order chi connectivity index (χ1) is 9.37. The van der Waals surface area contributed by atoms with Gasteiger partial charge in [0.25, 0.3) is 0 Å². The predicted octanol–water partition coefficient (Wildman–Crippen LogP) is 2.35. The molecule has 0 aliphatic rings. The molecule has 0 fully saturated rings. The number of aliphatic hydroxyl groups excluding tert-OH is 1. The number of rotatable bonds is 5. The van der Waals surface area contributed by atoms with Crippen molar-refractivity contribution in [2.24, 2.45) is 4.99 Å². The minimum atomic E-state index is -0.00591. The second-order valence-corrected chi connectivity index (χ2v) is 4.51. The number of allylic oxidation sites excluding steroid dienone is 5. The molecule has 1 N–H and O–H groups in total. The normalized spacial score (nSPS) is 14.9. The van der Waals surface area contributed by atoms with Crippen LogP contribution in [0.5, 0.6) is 0 Å². The van der Waals surface area contributed by atoms with Crippen LogP contribution in [0.3, 0.4) is 0 Å². The molecule has 0 saturated carbocycles. The molecule has 0 radical (unpaired) electrons. The molecule has 110 valence electrons. The van der Waals surface area contributed by atoms with Crippen molar-refractivity contribution >= 4 is 12.4 Å². The van der Waals surface area contributed by atoms with Crippen LogP contribution in [0, 0.1) is 0 Å². The van der Waals surface area contributed by atoms with E-state index in [4.69, 9.17) is 0 Å². The smallest absolute Gasteiger partial charge is 0.211 e. The minimum Gasteiger partial charge on any atom is -0.872 e. The van der Waals surface area contributed by atoms with Crippen molar-refractivity contribution < 1.29 is 14.8 Å². The molecule has 4 nitrogen and oxygen atoms in total. The number of aliphatic imine (C=N–C) groups is 1. The average molecular weight is 276 g/mol. The fourth-order valence-electron chi connectivity index (χ4n) is 1.50. The highest BCUT2D eigenvalue weighted by atomic mass is 16.3. The van der Waals surface area contributed by atoms with Gasteiger partial charge in [0.05, 0.1) is 0 Å². The standard InChI is InChI=1S/C16H24N2O2/c1-7-13(9-17-5)15(19)11-18(6)10-14(8-2)16(20)12(3)4/h7-11H,1-6H3,(H-,19,20)/b13-7-,14-8-,15-11-,17-9?,18-10-. The molecule has 0 aliphatic heterocycles. The molecule has 0 spiro atoms. The second-order valence-electron chi connectivity index (χ2n) is 4.51. The monoisotopic (exact) mass is 276 g/mol. The van der Waals surface area contributed by atoms with E-state index in [-0.39, 0.29) is 11.5 Å². The molecule has 0 atom stereocenters. The summed E-state index contributed by atoms with van der Waals surface area (Å²) in [6.07, 6.45) is 8.31. The Morgan fingerprint density at radius 2 is 1.70 bits per heavy atom. The molecule has 4 heteroatoms. The number of aliphatic hydroxyl groups is 1. The summed E-state index contributed by atoms with van der Waals surface area (Å²) in [5.74, 6) is 0.0885. The molecule has 0 aromatic heterocycles. The van der Waals surface area contributed by atoms with Crippen LogP contribution in [0.25, 0.3) is 0 Å². The summed E-state index contributed by atoms with van der Waals surface area (Å²) in [7, 11) is 3.40. The first kappa shape index (κ1) is 17.9. The zero-order valence-electron chi connectivity index (χ0n) is 13.1. The minimum absolute atomic E-state index is 0.00591. The van der Waals surface area contributed by atoms with Crippen molar-refractivity contribution in [3.63, 3.8) is 0 Å². The SMILES string of the molecule is C/C=C(/C=[N+](C)\C=C(O)\C(C=NC)=C/C)C([O-])=C(C)C. The highest BCUT2D eigenvalue weighted by molar-refractivity contribution is 5.83. The molecule has 20 heavy (non-hydrogen) atoms. The fraction of sp³-hybridized carbons (Fsp3) is 0.375. The molecule has 0 aliphatic carbocycles. The van der Waals surface area contributed by atoms with Crippen LogP contribution in [0.2, 0.25) is 0 Å². The average Bonchev–Trinajstić information content (AvgIpc) is 2.40. The zero-order valence-corrected chi connectivity index (χ0v) is 13.1. The van der Waals surface area contributed by atoms with Gasteiger partial charge in [-0.2, -0.15) is 0 Å². The van der Waals surface area contributed by atoms with E-state index in [1.54, 1.807) is 63.3 Å². The van der Waals surface area contributed by atoms with Gasteiger partial charge in [0.15, 0.2) is 12.0 Å². The summed E-state index contributed by atoms with van der Waals surface area (Å²) in [5, 5.41) is 21.9. The van der Waals surface area contributed by atoms with Gasteiger partial charge in [-0.1, -0.05) is 23.5 Å². The number of hydrogen-bond acceptors (Lipinski definition) is 3. The Bertz CT molecular complexity index is 515. The van der Waals surface area contributed by atoms with Crippen LogP contribution in [-0.2, 0) is 0 Å². The van der Waals surface area contributed by atoms with Crippen LogP contribution in [0.4, 0.5) is 0 Å². The molecular formula is C16H24N2O2. The maximum atomic E-state index is 11.9. The van der Waals surface area contributed by atoms with Gasteiger partial charge in [0.1, 0.15) is 7.05 Å². The van der Waals surface area contributed by atoms with E-state index in [2.05, 4.69) is 4.99 Å². The van der Waals surface area contributed by atoms with Gasteiger partial charge in [-0.05, 0) is 27.7 Å². The molecule has 0 heterocycles. The quantitative estimate of drug-likeness (QED) is 0.363. The van der Waals surface area contributed by atoms with Gasteiger partial charge in [0.2, 0.25) is 6.20 Å². The van der Waals surface area contributed by atoms with Gasteiger partial charge >= 0.3 is 0 Å². The van der Waals surface area contributed by atoms with Crippen LogP contribution in [0.1, 0.15) is 27.7 Å². The molecule has 0 aromatic carbocycles. The maximum Gasteiger partial charge on any atom is 0.211 e. The summed E-state index contributed by atoms with van der Waals surface area (Å²) < 4.78 is 1.65. The molecule has 0 bridgehead atoms. The maximum absolute atomic E-state index is 11.9. The second kappa shape index (κ2) is 8.91. The van der Waals surface area contributed by atoms with E-state index in [1.165, 1.54) is 0 Å². The van der Waals surface area contributed by atoms with Gasteiger partial charge in [-0.3, -0.25) is 4.99 Å². The van der Waals surface area contributed by atoms with E-state index in [0.717, 1.165) is 5.57 Å². The van der Waals surface area contributed by atoms with Gasteiger partial charge in [-0.25, -0.2) is 4.58 Å². The third kappa shape index (κ3) is 5.69. The van der Waals surface area contributed by atoms with Gasteiger partial charge < -0.3 is 10.2 Å². The van der Waals surface area contributed by atoms with Crippen LogP contribution >= 0.6 is 0 Å². The molecule has 0 unspecified atom stereocenters. The summed E-state index contributed by atoms with van der Waals surface area (Å²) >= 11 is 0. The first-order valence-electron chi connectivity index (χ1n) is 6.44. The predicted molar refractivity (Wildman–Crippen MR) is 83.3 cm³/mol. The molecule has 0 amide bonds. The first-order valence-corrected chi connectivity index (χ1v) is 6.44. The fourth-order valence-corrected chi connectivity index (χ4v) is 1.50. The van der Waals surface area contributed by atoms with Crippen molar-refractivity contribution in [1.29, 1.82) is 0 Å². The molecular weight excluding hydrogens is 252 g/mol. The summed E-state index contributed by atoms with van der Waals surface area (Å²) in [6.45, 7) is 7.19. The van der Waals surface area contributed by atoms with Crippen LogP contribution in [-0.4, -0.2) is 36.2 Å². The van der Waals surface area contributed by atoms with E-state index >= 15 is 0 Å². The Morgan fingerprint density at radius 3 is 2.10 bits per heavy atom. The lowest BCUT2D eigenvalue weighted by Gasteiger charge is -2.13. The molecule has 0 saturated heterocycles. The van der Waals surface area contributed by atoms with Gasteiger partial charge in [0, 0.05) is 24.4 Å². The summed E-state index contributed by atoms with van der Waals surface area (Å²) in [6, 6.07) is 0. The highest BCUT2D eigenvalue weighted by Crippen LogP contribution is 2.07. The Kier molecular flexibility index (Phi) is 7.97. The Morgan fingerprint density at radius 1 is 1.15 bits per heavy atom.